The van der Waals surface area contributed by atoms with E-state index in [4.69, 9.17) is 4.74 Å². The van der Waals surface area contributed by atoms with Crippen molar-refractivity contribution in [1.29, 1.82) is 0 Å². The van der Waals surface area contributed by atoms with Gasteiger partial charge in [0.05, 0.1) is 12.8 Å². The third-order valence-corrected chi connectivity index (χ3v) is 7.45. The number of benzene rings is 2. The van der Waals surface area contributed by atoms with Crippen LogP contribution in [0, 0.1) is 11.6 Å². The highest BCUT2D eigenvalue weighted by molar-refractivity contribution is 5.83. The Labute approximate surface area is 231 Å². The lowest BCUT2D eigenvalue weighted by atomic mass is 9.97. The molecule has 0 saturated carbocycles. The van der Waals surface area contributed by atoms with Gasteiger partial charge in [-0.15, -0.1) is 0 Å². The maximum absolute atomic E-state index is 15.1. The van der Waals surface area contributed by atoms with Crippen molar-refractivity contribution in [2.24, 2.45) is 7.05 Å². The van der Waals surface area contributed by atoms with Crippen molar-refractivity contribution in [1.82, 2.24) is 19.0 Å². The largest absolute Gasteiger partial charge is 0.507 e. The van der Waals surface area contributed by atoms with E-state index in [0.717, 1.165) is 37.9 Å². The van der Waals surface area contributed by atoms with Crippen LogP contribution in [0.5, 0.6) is 11.6 Å². The summed E-state index contributed by atoms with van der Waals surface area (Å²) >= 11 is 0. The summed E-state index contributed by atoms with van der Waals surface area (Å²) in [7, 11) is 3.12. The molecule has 0 amide bonds. The van der Waals surface area contributed by atoms with Gasteiger partial charge in [-0.2, -0.15) is 0 Å². The molecule has 3 heterocycles. The number of hydrogen-bond donors (Lipinski definition) is 1. The molecule has 2 aromatic heterocycles. The van der Waals surface area contributed by atoms with Crippen molar-refractivity contribution in [3.05, 3.63) is 77.1 Å². The van der Waals surface area contributed by atoms with Gasteiger partial charge in [0.2, 0.25) is 5.88 Å². The molecule has 1 aliphatic rings. The zero-order chi connectivity index (χ0) is 28.8. The van der Waals surface area contributed by atoms with E-state index >= 15 is 4.39 Å². The number of anilines is 1. The lowest BCUT2D eigenvalue weighted by Gasteiger charge is -2.43. The summed E-state index contributed by atoms with van der Waals surface area (Å²) in [5.41, 5.74) is 1.59. The Balaban J connectivity index is 1.51. The maximum atomic E-state index is 15.1. The van der Waals surface area contributed by atoms with Crippen LogP contribution in [0.15, 0.2) is 59.8 Å². The Bertz CT molecular complexity index is 1610. The van der Waals surface area contributed by atoms with E-state index in [1.807, 2.05) is 6.07 Å². The molecule has 1 aliphatic heterocycles. The topological polar surface area (TPSA) is 75.8 Å². The summed E-state index contributed by atoms with van der Waals surface area (Å²) in [5.74, 6) is -1.04. The molecular formula is C30H33F2N5O3. The Kier molecular flexibility index (Phi) is 7.14. The first-order chi connectivity index (χ1) is 19.0. The SMILES string of the molecule is COc1ncc(-c2cc(F)cc(-c3ccc(-n4ccn(C)c4=O)c(F)c3)c2O)cc1N1CCN(C(C)(C)C)CC1. The monoisotopic (exact) mass is 549 g/mol. The van der Waals surface area contributed by atoms with E-state index < -0.39 is 17.3 Å². The van der Waals surface area contributed by atoms with E-state index in [0.29, 0.717) is 11.4 Å². The van der Waals surface area contributed by atoms with Gasteiger partial charge in [-0.3, -0.25) is 9.47 Å². The van der Waals surface area contributed by atoms with Gasteiger partial charge in [-0.05, 0) is 56.7 Å². The molecule has 1 saturated heterocycles. The number of pyridine rings is 1. The third kappa shape index (κ3) is 5.06. The lowest BCUT2D eigenvalue weighted by molar-refractivity contribution is 0.128. The van der Waals surface area contributed by atoms with E-state index in [1.54, 1.807) is 20.2 Å². The average Bonchev–Trinajstić information content (AvgIpc) is 3.26. The normalized spacial score (nSPS) is 14.5. The fraction of sp³-hybridized carbons (Fsp3) is 0.333. The number of aromatic hydroxyl groups is 1. The van der Waals surface area contributed by atoms with Crippen LogP contribution in [-0.2, 0) is 7.05 Å². The van der Waals surface area contributed by atoms with Gasteiger partial charge in [0, 0.05) is 74.0 Å². The van der Waals surface area contributed by atoms with Gasteiger partial charge >= 0.3 is 5.69 Å². The van der Waals surface area contributed by atoms with Gasteiger partial charge in [0.15, 0.2) is 0 Å². The molecule has 5 rings (SSSR count). The fourth-order valence-corrected chi connectivity index (χ4v) is 5.15. The second kappa shape index (κ2) is 10.4. The highest BCUT2D eigenvalue weighted by atomic mass is 19.1. The van der Waals surface area contributed by atoms with Crippen molar-refractivity contribution in [2.45, 2.75) is 26.3 Å². The summed E-state index contributed by atoms with van der Waals surface area (Å²) in [6.07, 6.45) is 4.52. The molecule has 10 heteroatoms. The molecule has 0 radical (unpaired) electrons. The van der Waals surface area contributed by atoms with E-state index in [-0.39, 0.29) is 33.7 Å². The molecule has 1 N–H and O–H groups in total. The number of methoxy groups -OCH3 is 1. The molecule has 0 spiro atoms. The van der Waals surface area contributed by atoms with Crippen LogP contribution >= 0.6 is 0 Å². The summed E-state index contributed by atoms with van der Waals surface area (Å²) in [6.45, 7) is 9.82. The van der Waals surface area contributed by atoms with Gasteiger partial charge in [0.25, 0.3) is 0 Å². The number of ether oxygens (including phenoxy) is 1. The summed E-state index contributed by atoms with van der Waals surface area (Å²) < 4.78 is 38.1. The molecular weight excluding hydrogens is 516 g/mol. The highest BCUT2D eigenvalue weighted by Gasteiger charge is 2.28. The minimum atomic E-state index is -0.682. The maximum Gasteiger partial charge on any atom is 0.332 e. The molecule has 0 unspecified atom stereocenters. The first-order valence-electron chi connectivity index (χ1n) is 13.1. The molecule has 210 valence electrons. The Morgan fingerprint density at radius 1 is 0.925 bits per heavy atom. The molecule has 0 bridgehead atoms. The number of aryl methyl sites for hydroxylation is 1. The third-order valence-electron chi connectivity index (χ3n) is 7.45. The van der Waals surface area contributed by atoms with Crippen LogP contribution in [0.2, 0.25) is 0 Å². The second-order valence-electron chi connectivity index (χ2n) is 11.0. The predicted molar refractivity (Wildman–Crippen MR) is 151 cm³/mol. The number of rotatable bonds is 5. The summed E-state index contributed by atoms with van der Waals surface area (Å²) in [4.78, 5) is 21.3. The molecule has 40 heavy (non-hydrogen) atoms. The highest BCUT2D eigenvalue weighted by Crippen LogP contribution is 2.41. The standard InChI is InChI=1S/C30H33F2N5O3/c1-30(2,3)36-11-9-35(10-12-36)26-15-20(18-33-28(26)40-5)23-17-21(31)16-22(27(23)38)19-6-7-25(24(32)14-19)37-13-8-34(4)29(37)39/h6-8,13-18,38H,9-12H2,1-5H3. The number of phenolic OH excluding ortho intramolecular Hbond substituents is 1. The lowest BCUT2D eigenvalue weighted by Crippen LogP contribution is -2.53. The van der Waals surface area contributed by atoms with Crippen molar-refractivity contribution in [3.63, 3.8) is 0 Å². The van der Waals surface area contributed by atoms with Crippen LogP contribution in [0.1, 0.15) is 20.8 Å². The van der Waals surface area contributed by atoms with Crippen molar-refractivity contribution >= 4 is 5.69 Å². The molecule has 2 aromatic carbocycles. The Hall–Kier alpha value is -4.18. The van der Waals surface area contributed by atoms with Gasteiger partial charge in [0.1, 0.15) is 23.1 Å². The number of nitrogens with zero attached hydrogens (tertiary/aromatic N) is 5. The summed E-state index contributed by atoms with van der Waals surface area (Å²) in [6, 6.07) is 8.38. The van der Waals surface area contributed by atoms with Crippen LogP contribution in [0.3, 0.4) is 0 Å². The molecule has 0 aliphatic carbocycles. The average molecular weight is 550 g/mol. The number of hydrogen-bond acceptors (Lipinski definition) is 6. The smallest absolute Gasteiger partial charge is 0.332 e. The van der Waals surface area contributed by atoms with E-state index in [9.17, 15) is 14.3 Å². The van der Waals surface area contributed by atoms with E-state index in [2.05, 4.69) is 35.6 Å². The minimum absolute atomic E-state index is 0.0565. The fourth-order valence-electron chi connectivity index (χ4n) is 5.15. The number of aromatic nitrogens is 3. The van der Waals surface area contributed by atoms with Crippen LogP contribution in [-0.4, -0.2) is 63.0 Å². The quantitative estimate of drug-likeness (QED) is 0.385. The molecule has 4 aromatic rings. The molecule has 0 atom stereocenters. The van der Waals surface area contributed by atoms with Crippen molar-refractivity contribution < 1.29 is 18.6 Å². The first kappa shape index (κ1) is 27.4. The predicted octanol–water partition coefficient (Wildman–Crippen LogP) is 4.82. The molecule has 1 fully saturated rings. The van der Waals surface area contributed by atoms with Crippen LogP contribution < -0.4 is 15.3 Å². The first-order valence-corrected chi connectivity index (χ1v) is 13.1. The number of phenols is 1. The van der Waals surface area contributed by atoms with Crippen molar-refractivity contribution in [3.8, 4) is 39.6 Å². The van der Waals surface area contributed by atoms with E-state index in [1.165, 1.54) is 45.9 Å². The van der Waals surface area contributed by atoms with Gasteiger partial charge in [-0.25, -0.2) is 18.6 Å². The van der Waals surface area contributed by atoms with Crippen molar-refractivity contribution in [2.75, 3.05) is 38.2 Å². The van der Waals surface area contributed by atoms with Crippen LogP contribution in [0.4, 0.5) is 14.5 Å². The second-order valence-corrected chi connectivity index (χ2v) is 11.0. The van der Waals surface area contributed by atoms with Gasteiger partial charge in [-0.1, -0.05) is 6.07 Å². The summed E-state index contributed by atoms with van der Waals surface area (Å²) in [5, 5.41) is 11.3. The van der Waals surface area contributed by atoms with Gasteiger partial charge < -0.3 is 19.3 Å². The number of piperazine rings is 1. The zero-order valence-electron chi connectivity index (χ0n) is 23.3. The molecule has 8 nitrogen and oxygen atoms in total. The zero-order valence-corrected chi connectivity index (χ0v) is 23.3. The minimum Gasteiger partial charge on any atom is -0.507 e. The Morgan fingerprint density at radius 3 is 2.17 bits per heavy atom. The van der Waals surface area contributed by atoms with Crippen LogP contribution in [0.25, 0.3) is 27.9 Å². The number of imidazole rings is 1. The Morgan fingerprint density at radius 2 is 1.60 bits per heavy atom. The number of halogens is 2.